The van der Waals surface area contributed by atoms with Gasteiger partial charge in [0.2, 0.25) is 11.8 Å². The molecule has 4 aliphatic rings. The number of imidazole rings is 2. The molecule has 4 fully saturated rings. The van der Waals surface area contributed by atoms with Gasteiger partial charge in [0.15, 0.2) is 0 Å². The molecule has 0 radical (unpaired) electrons. The van der Waals surface area contributed by atoms with Crippen LogP contribution in [0.2, 0.25) is 0 Å². The summed E-state index contributed by atoms with van der Waals surface area (Å²) >= 11 is 2.81. The second kappa shape index (κ2) is 26.3. The molecule has 0 aliphatic carbocycles. The Labute approximate surface area is 526 Å². The van der Waals surface area contributed by atoms with Gasteiger partial charge in [-0.3, -0.25) is 0 Å². The van der Waals surface area contributed by atoms with Gasteiger partial charge in [-0.25, -0.2) is 57.1 Å². The molecule has 10 aromatic rings. The Balaban J connectivity index is 0.651. The normalized spacial score (nSPS) is 17.7. The Morgan fingerprint density at radius 2 is 1.01 bits per heavy atom. The first-order chi connectivity index (χ1) is 44.4. The van der Waals surface area contributed by atoms with Crippen LogP contribution in [0.1, 0.15) is 88.9 Å². The van der Waals surface area contributed by atoms with Crippen molar-refractivity contribution in [2.75, 3.05) is 39.6 Å². The summed E-state index contributed by atoms with van der Waals surface area (Å²) in [5.41, 5.74) is 2.24. The largest absolute Gasteiger partial charge is 0.470 e. The summed E-state index contributed by atoms with van der Waals surface area (Å²) in [6.45, 7) is 4.61. The summed E-state index contributed by atoms with van der Waals surface area (Å²) in [5, 5.41) is 1.36. The molecule has 4 aliphatic heterocycles. The smallest absolute Gasteiger partial charge is 0.346 e. The van der Waals surface area contributed by atoms with Crippen molar-refractivity contribution in [1.29, 1.82) is 0 Å². The molecule has 10 heterocycles. The average molecular weight is 1270 g/mol. The van der Waals surface area contributed by atoms with E-state index < -0.39 is 35.2 Å². The van der Waals surface area contributed by atoms with Crippen molar-refractivity contribution >= 4 is 56.7 Å². The van der Waals surface area contributed by atoms with E-state index in [0.29, 0.717) is 96.5 Å². The van der Waals surface area contributed by atoms with E-state index in [1.165, 1.54) is 34.8 Å². The highest BCUT2D eigenvalue weighted by molar-refractivity contribution is 7.12. The van der Waals surface area contributed by atoms with Gasteiger partial charge in [-0.1, -0.05) is 35.8 Å². The number of hydrogen-bond acceptors (Lipinski definition) is 17. The fourth-order valence-electron chi connectivity index (χ4n) is 11.0. The Kier molecular flexibility index (Phi) is 17.2. The zero-order chi connectivity index (χ0) is 62.0. The van der Waals surface area contributed by atoms with E-state index in [4.69, 9.17) is 43.1 Å². The van der Waals surface area contributed by atoms with Gasteiger partial charge in [0.05, 0.1) is 105 Å². The summed E-state index contributed by atoms with van der Waals surface area (Å²) in [7, 11) is 0. The number of hydrogen-bond donors (Lipinski definition) is 0. The van der Waals surface area contributed by atoms with E-state index in [9.17, 15) is 9.59 Å². The molecule has 14 rings (SSSR count). The Morgan fingerprint density at radius 3 is 1.43 bits per heavy atom. The summed E-state index contributed by atoms with van der Waals surface area (Å²) in [6.07, 6.45) is 6.06. The third-order valence-corrected chi connectivity index (χ3v) is 17.9. The number of benzene rings is 4. The van der Waals surface area contributed by atoms with Crippen LogP contribution in [0.3, 0.4) is 0 Å². The number of carbonyl (C=O) groups excluding carboxylic acids is 2. The highest BCUT2D eigenvalue weighted by Gasteiger charge is 2.28. The van der Waals surface area contributed by atoms with Crippen molar-refractivity contribution in [3.8, 4) is 58.0 Å². The molecule has 460 valence electrons. The van der Waals surface area contributed by atoms with Crippen molar-refractivity contribution in [3.63, 3.8) is 0 Å². The van der Waals surface area contributed by atoms with Crippen molar-refractivity contribution in [2.45, 2.75) is 77.0 Å². The topological polar surface area (TPSA) is 186 Å². The minimum atomic E-state index is -0.949. The molecule has 23 heteroatoms. The zero-order valence-corrected chi connectivity index (χ0v) is 50.2. The molecule has 4 atom stereocenters. The fraction of sp³-hybridized carbons (Fsp3) is 0.294. The number of ether oxygens (including phenoxy) is 7. The van der Waals surface area contributed by atoms with E-state index in [2.05, 4.69) is 43.6 Å². The standard InChI is InChI=1S/C68H54F4N8O9S2/c69-51-29-49(55-3-1-5-63(77-55)87-37-65-73-31-47(90-65)11-7-39-15-19-83-35-39)53(71)23-43(51)27-61-75-57-13-9-41(25-59(57)79(61)33-45-17-21-85-45)67(81)89-68(82)42-10-14-58-60(26-42)80(34-46-18-22-86-46)62(76-58)28-44-24-54(72)50(30-52(44)70)56-4-2-6-64(78-56)88-38-66-74-32-48(91-66)12-8-40-16-20-84-36-40/h1-6,9-10,13-14,23-26,29-32,39-40,45-46H,15-22,27-28,33-38H2/t39?,40?,45-,46-/m0/s1. The van der Waals surface area contributed by atoms with Gasteiger partial charge in [0, 0.05) is 74.4 Å². The van der Waals surface area contributed by atoms with Crippen LogP contribution in [0.4, 0.5) is 17.6 Å². The molecule has 6 aromatic heterocycles. The summed E-state index contributed by atoms with van der Waals surface area (Å²) in [6, 6.07) is 23.4. The molecule has 0 bridgehead atoms. The molecular formula is C68H54F4N8O9S2. The molecular weight excluding hydrogens is 1210 g/mol. The molecule has 0 spiro atoms. The molecule has 4 aromatic carbocycles. The van der Waals surface area contributed by atoms with Crippen LogP contribution in [0, 0.1) is 58.8 Å². The molecule has 17 nitrogen and oxygen atoms in total. The first kappa shape index (κ1) is 59.4. The monoisotopic (exact) mass is 1270 g/mol. The number of thiazole rings is 2. The Morgan fingerprint density at radius 1 is 0.549 bits per heavy atom. The number of rotatable bonds is 18. The predicted octanol–water partition coefficient (Wildman–Crippen LogP) is 11.7. The SMILES string of the molecule is O=C(OC(=O)c1ccc2nc(Cc3cc(F)c(-c4cccc(OCc5ncc(C#CC6CCOC6)s5)n4)cc3F)n(C[C@@H]3CCO3)c2c1)c1ccc2nc(Cc3cc(F)c(-c4cccc(OCc5ncc(C#CC6CCOC6)s5)n4)cc3F)n(C[C@@H]3CCO3)c2c1. The average Bonchev–Trinajstić information content (AvgIpc) is 1.72. The van der Waals surface area contributed by atoms with Gasteiger partial charge < -0.3 is 42.3 Å². The first-order valence-electron chi connectivity index (χ1n) is 29.7. The van der Waals surface area contributed by atoms with E-state index in [-0.39, 0.29) is 107 Å². The van der Waals surface area contributed by atoms with Crippen LogP contribution < -0.4 is 9.47 Å². The maximum Gasteiger partial charge on any atom is 0.346 e. The number of nitrogens with zero attached hydrogens (tertiary/aromatic N) is 8. The van der Waals surface area contributed by atoms with Gasteiger partial charge in [-0.15, -0.1) is 22.7 Å². The highest BCUT2D eigenvalue weighted by atomic mass is 32.1. The Bertz CT molecular complexity index is 4280. The van der Waals surface area contributed by atoms with E-state index in [1.54, 1.807) is 82.2 Å². The first-order valence-corrected chi connectivity index (χ1v) is 31.3. The molecule has 0 saturated carbocycles. The summed E-state index contributed by atoms with van der Waals surface area (Å²) < 4.78 is 108. The van der Waals surface area contributed by atoms with Crippen LogP contribution in [0.25, 0.3) is 44.6 Å². The second-order valence-corrected chi connectivity index (χ2v) is 24.6. The van der Waals surface area contributed by atoms with Crippen LogP contribution in [-0.2, 0) is 62.8 Å². The van der Waals surface area contributed by atoms with Crippen molar-refractivity contribution < 1.29 is 60.3 Å². The number of aromatic nitrogens is 8. The Hall–Kier alpha value is -9.20. The predicted molar refractivity (Wildman–Crippen MR) is 327 cm³/mol. The lowest BCUT2D eigenvalue weighted by Crippen LogP contribution is -2.31. The van der Waals surface area contributed by atoms with Crippen LogP contribution in [-0.4, -0.2) is 103 Å². The minimum Gasteiger partial charge on any atom is -0.470 e. The van der Waals surface area contributed by atoms with E-state index in [0.717, 1.165) is 59.7 Å². The highest BCUT2D eigenvalue weighted by Crippen LogP contribution is 2.33. The number of carbonyl (C=O) groups is 2. The van der Waals surface area contributed by atoms with Gasteiger partial charge >= 0.3 is 11.9 Å². The third kappa shape index (κ3) is 13.5. The van der Waals surface area contributed by atoms with E-state index in [1.807, 2.05) is 0 Å². The quantitative estimate of drug-likeness (QED) is 0.0341. The molecule has 0 N–H and O–H groups in total. The fourth-order valence-corrected chi connectivity index (χ4v) is 12.4. The maximum atomic E-state index is 16.2. The number of halogens is 4. The van der Waals surface area contributed by atoms with Gasteiger partial charge in [-0.05, 0) is 110 Å². The van der Waals surface area contributed by atoms with Gasteiger partial charge in [0.25, 0.3) is 0 Å². The van der Waals surface area contributed by atoms with Gasteiger partial charge in [-0.2, -0.15) is 0 Å². The van der Waals surface area contributed by atoms with Crippen molar-refractivity contribution in [2.24, 2.45) is 11.8 Å². The number of fused-ring (bicyclic) bond motifs is 2. The van der Waals surface area contributed by atoms with Crippen molar-refractivity contribution in [1.82, 2.24) is 39.0 Å². The lowest BCUT2D eigenvalue weighted by Gasteiger charge is -2.27. The number of pyridine rings is 2. The van der Waals surface area contributed by atoms with E-state index >= 15 is 17.6 Å². The van der Waals surface area contributed by atoms with Crippen LogP contribution in [0.5, 0.6) is 11.8 Å². The van der Waals surface area contributed by atoms with Crippen molar-refractivity contribution in [3.05, 3.63) is 186 Å². The molecule has 4 saturated heterocycles. The minimum absolute atomic E-state index is 0.0324. The zero-order valence-electron chi connectivity index (χ0n) is 48.6. The number of esters is 2. The lowest BCUT2D eigenvalue weighted by molar-refractivity contribution is -0.0591. The van der Waals surface area contributed by atoms with Crippen LogP contribution in [0.15, 0.2) is 109 Å². The second-order valence-electron chi connectivity index (χ2n) is 22.3. The lowest BCUT2D eigenvalue weighted by atomic mass is 10.0. The summed E-state index contributed by atoms with van der Waals surface area (Å²) in [4.78, 5) is 56.8. The van der Waals surface area contributed by atoms with Crippen LogP contribution >= 0.6 is 22.7 Å². The summed E-state index contributed by atoms with van der Waals surface area (Å²) in [5.74, 6) is 9.66. The third-order valence-electron chi connectivity index (χ3n) is 16.1. The molecule has 91 heavy (non-hydrogen) atoms. The maximum absolute atomic E-state index is 16.2. The molecule has 0 amide bonds. The van der Waals surface area contributed by atoms with Gasteiger partial charge in [0.1, 0.15) is 58.1 Å². The molecule has 2 unspecified atom stereocenters.